The summed E-state index contributed by atoms with van der Waals surface area (Å²) in [5.74, 6) is 0.629. The lowest BCUT2D eigenvalue weighted by atomic mass is 10.2. The minimum absolute atomic E-state index is 0.0666. The smallest absolute Gasteiger partial charge is 0.294 e. The Morgan fingerprint density at radius 3 is 2.26 bits per heavy atom. The zero-order chi connectivity index (χ0) is 24.8. The number of rotatable bonds is 6. The summed E-state index contributed by atoms with van der Waals surface area (Å²) in [6, 6.07) is 12.4. The van der Waals surface area contributed by atoms with Gasteiger partial charge in [0.25, 0.3) is 10.1 Å². The van der Waals surface area contributed by atoms with Crippen LogP contribution in [0.5, 0.6) is 5.75 Å². The molecule has 1 unspecified atom stereocenters. The molecule has 3 aromatic rings. The molecule has 0 saturated carbocycles. The Morgan fingerprint density at radius 2 is 1.71 bits per heavy atom. The van der Waals surface area contributed by atoms with E-state index in [9.17, 15) is 16.8 Å². The molecule has 0 radical (unpaired) electrons. The van der Waals surface area contributed by atoms with E-state index in [4.69, 9.17) is 14.0 Å². The van der Waals surface area contributed by atoms with Crippen LogP contribution in [0.15, 0.2) is 77.0 Å². The third kappa shape index (κ3) is 6.87. The minimum atomic E-state index is -4.02. The maximum atomic E-state index is 12.7. The number of aromatic nitrogens is 2. The lowest BCUT2D eigenvalue weighted by Crippen LogP contribution is -2.46. The molecule has 1 aliphatic rings. The number of benzene rings is 2. The largest absolute Gasteiger partial charge is 0.497 e. The number of morpholine rings is 1. The molecule has 10 nitrogen and oxygen atoms in total. The summed E-state index contributed by atoms with van der Waals surface area (Å²) >= 11 is 0. The molecule has 1 atom stereocenters. The average Bonchev–Trinajstić information content (AvgIpc) is 3.32. The maximum absolute atomic E-state index is 12.7. The molecule has 0 bridgehead atoms. The molecule has 0 amide bonds. The maximum Gasteiger partial charge on any atom is 0.294 e. The molecule has 184 valence electrons. The van der Waals surface area contributed by atoms with Gasteiger partial charge in [0.1, 0.15) is 5.75 Å². The van der Waals surface area contributed by atoms with Gasteiger partial charge in [-0.05, 0) is 43.3 Å². The predicted molar refractivity (Wildman–Crippen MR) is 125 cm³/mol. The molecule has 1 fully saturated rings. The topological polar surface area (TPSA) is 128 Å². The second-order valence-corrected chi connectivity index (χ2v) is 10.9. The quantitative estimate of drug-likeness (QED) is 0.501. The summed E-state index contributed by atoms with van der Waals surface area (Å²) < 4.78 is 69.1. The van der Waals surface area contributed by atoms with Gasteiger partial charge in [-0.15, -0.1) is 0 Å². The van der Waals surface area contributed by atoms with E-state index in [0.717, 1.165) is 5.56 Å². The summed E-state index contributed by atoms with van der Waals surface area (Å²) in [4.78, 5) is 4.18. The second-order valence-electron chi connectivity index (χ2n) is 7.58. The van der Waals surface area contributed by atoms with Crippen molar-refractivity contribution in [1.82, 2.24) is 13.9 Å². The lowest BCUT2D eigenvalue weighted by molar-refractivity contribution is -0.0102. The molecule has 2 aromatic carbocycles. The Hall–Kier alpha value is -2.77. The fourth-order valence-electron chi connectivity index (χ4n) is 3.26. The normalized spacial score (nSPS) is 17.0. The van der Waals surface area contributed by atoms with Gasteiger partial charge in [-0.1, -0.05) is 17.7 Å². The predicted octanol–water partition coefficient (Wildman–Crippen LogP) is 2.22. The van der Waals surface area contributed by atoms with Gasteiger partial charge in [-0.2, -0.15) is 12.7 Å². The van der Waals surface area contributed by atoms with Crippen LogP contribution in [0.25, 0.3) is 0 Å². The van der Waals surface area contributed by atoms with Gasteiger partial charge in [-0.25, -0.2) is 13.4 Å². The van der Waals surface area contributed by atoms with Gasteiger partial charge in [0.2, 0.25) is 10.0 Å². The third-order valence-electron chi connectivity index (χ3n) is 5.09. The van der Waals surface area contributed by atoms with E-state index in [2.05, 4.69) is 4.98 Å². The first-order valence-electron chi connectivity index (χ1n) is 10.4. The molecule has 4 rings (SSSR count). The molecule has 12 heteroatoms. The van der Waals surface area contributed by atoms with E-state index in [1.165, 1.54) is 16.4 Å². The fourth-order valence-corrected chi connectivity index (χ4v) is 5.19. The highest BCUT2D eigenvalue weighted by Crippen LogP contribution is 2.21. The monoisotopic (exact) mass is 509 g/mol. The summed E-state index contributed by atoms with van der Waals surface area (Å²) in [5, 5.41) is 0. The standard InChI is InChI=1S/C15H19N3O4S.C7H8O3S/c1-21-13-2-4-15(5-3-13)23(19,20)18-8-9-22-14(11-18)10-17-7-6-16-12-17;1-6-2-4-7(5-3-6)11(8,9)10/h2-7,12,14H,8-11H2,1H3;2-5H,1H3,(H,8,9,10). The van der Waals surface area contributed by atoms with Crippen molar-refractivity contribution in [3.63, 3.8) is 0 Å². The van der Waals surface area contributed by atoms with Crippen LogP contribution in [-0.4, -0.2) is 68.2 Å². The zero-order valence-corrected chi connectivity index (χ0v) is 20.4. The van der Waals surface area contributed by atoms with Crippen LogP contribution in [0.2, 0.25) is 0 Å². The summed E-state index contributed by atoms with van der Waals surface area (Å²) in [7, 11) is -6.00. The van der Waals surface area contributed by atoms with E-state index in [0.29, 0.717) is 32.0 Å². The van der Waals surface area contributed by atoms with Gasteiger partial charge >= 0.3 is 0 Å². The van der Waals surface area contributed by atoms with Crippen molar-refractivity contribution in [3.05, 3.63) is 72.8 Å². The van der Waals surface area contributed by atoms with Crippen molar-refractivity contribution in [1.29, 1.82) is 0 Å². The second kappa shape index (κ2) is 11.1. The average molecular weight is 510 g/mol. The van der Waals surface area contributed by atoms with E-state index >= 15 is 0 Å². The highest BCUT2D eigenvalue weighted by Gasteiger charge is 2.30. The first-order chi connectivity index (χ1) is 16.1. The zero-order valence-electron chi connectivity index (χ0n) is 18.8. The van der Waals surface area contributed by atoms with Crippen LogP contribution in [0.4, 0.5) is 0 Å². The molecule has 1 aromatic heterocycles. The molecule has 34 heavy (non-hydrogen) atoms. The van der Waals surface area contributed by atoms with Gasteiger partial charge in [-0.3, -0.25) is 4.55 Å². The summed E-state index contributed by atoms with van der Waals surface area (Å²) in [6.07, 6.45) is 5.03. The Morgan fingerprint density at radius 1 is 1.06 bits per heavy atom. The van der Waals surface area contributed by atoms with Crippen molar-refractivity contribution < 1.29 is 30.9 Å². The third-order valence-corrected chi connectivity index (χ3v) is 7.84. The Bertz CT molecular complexity index is 1260. The number of methoxy groups -OCH3 is 1. The number of aryl methyl sites for hydroxylation is 1. The van der Waals surface area contributed by atoms with Crippen LogP contribution in [-0.2, 0) is 31.4 Å². The number of hydrogen-bond donors (Lipinski definition) is 1. The Labute approximate surface area is 199 Å². The van der Waals surface area contributed by atoms with E-state index in [1.54, 1.807) is 56.0 Å². The van der Waals surface area contributed by atoms with Gasteiger partial charge in [0, 0.05) is 25.5 Å². The van der Waals surface area contributed by atoms with Crippen LogP contribution in [0, 0.1) is 6.92 Å². The highest BCUT2D eigenvalue weighted by atomic mass is 32.2. The number of sulfonamides is 1. The Kier molecular flexibility index (Phi) is 8.44. The lowest BCUT2D eigenvalue weighted by Gasteiger charge is -2.32. The number of hydrogen-bond acceptors (Lipinski definition) is 7. The van der Waals surface area contributed by atoms with Gasteiger partial charge in [0.05, 0.1) is 42.5 Å². The van der Waals surface area contributed by atoms with Crippen LogP contribution < -0.4 is 4.74 Å². The van der Waals surface area contributed by atoms with Crippen LogP contribution in [0.1, 0.15) is 5.56 Å². The van der Waals surface area contributed by atoms with Crippen molar-refractivity contribution in [2.45, 2.75) is 29.4 Å². The molecule has 1 aliphatic heterocycles. The van der Waals surface area contributed by atoms with Crippen LogP contribution >= 0.6 is 0 Å². The van der Waals surface area contributed by atoms with E-state index < -0.39 is 20.1 Å². The van der Waals surface area contributed by atoms with Crippen molar-refractivity contribution in [2.24, 2.45) is 0 Å². The first kappa shape index (κ1) is 25.8. The van der Waals surface area contributed by atoms with Gasteiger partial charge in [0.15, 0.2) is 0 Å². The number of imidazole rings is 1. The Balaban J connectivity index is 0.000000248. The van der Waals surface area contributed by atoms with Crippen molar-refractivity contribution >= 4 is 20.1 Å². The number of ether oxygens (including phenoxy) is 2. The van der Waals surface area contributed by atoms with Gasteiger partial charge < -0.3 is 14.0 Å². The van der Waals surface area contributed by atoms with E-state index in [-0.39, 0.29) is 15.9 Å². The van der Waals surface area contributed by atoms with E-state index in [1.807, 2.05) is 17.7 Å². The molecule has 0 spiro atoms. The SMILES string of the molecule is COc1ccc(S(=O)(=O)N2CCOC(Cn3ccnc3)C2)cc1.Cc1ccc(S(=O)(=O)O)cc1. The first-order valence-corrected chi connectivity index (χ1v) is 13.2. The summed E-state index contributed by atoms with van der Waals surface area (Å²) in [6.45, 7) is 3.48. The molecule has 0 aliphatic carbocycles. The van der Waals surface area contributed by atoms with Crippen molar-refractivity contribution in [3.8, 4) is 5.75 Å². The van der Waals surface area contributed by atoms with Crippen LogP contribution in [0.3, 0.4) is 0 Å². The minimum Gasteiger partial charge on any atom is -0.497 e. The molecule has 1 saturated heterocycles. The molecule has 1 N–H and O–H groups in total. The molecular weight excluding hydrogens is 482 g/mol. The molecule has 2 heterocycles. The van der Waals surface area contributed by atoms with Crippen molar-refractivity contribution in [2.75, 3.05) is 26.8 Å². The summed E-state index contributed by atoms with van der Waals surface area (Å²) in [5.41, 5.74) is 0.956. The fraction of sp³-hybridized carbons (Fsp3) is 0.318. The molecular formula is C22H27N3O7S2. The highest BCUT2D eigenvalue weighted by molar-refractivity contribution is 7.89. The number of nitrogens with zero attached hydrogens (tertiary/aromatic N) is 3.